The van der Waals surface area contributed by atoms with Crippen LogP contribution in [0.1, 0.15) is 38.3 Å². The summed E-state index contributed by atoms with van der Waals surface area (Å²) in [6.07, 6.45) is 1.16. The summed E-state index contributed by atoms with van der Waals surface area (Å²) in [5.74, 6) is 0.439. The maximum Gasteiger partial charge on any atom is 0.292 e. The SMILES string of the molecule is CCCOc1ccc(N2C(=O)C[C@H]([NH2+][C@@H](C)c3ccccc3)C2=O)cc1. The molecule has 2 aromatic carbocycles. The molecule has 0 saturated carbocycles. The standard InChI is InChI=1S/C21H24N2O3/c1-3-13-26-18-11-9-17(10-12-18)23-20(24)14-19(21(23)25)22-15(2)16-7-5-4-6-8-16/h4-12,15,19,22H,3,13-14H2,1-2H3/p+1/t15-,19-/m0/s1. The Morgan fingerprint density at radius 1 is 1.12 bits per heavy atom. The molecule has 1 aliphatic rings. The van der Waals surface area contributed by atoms with E-state index < -0.39 is 0 Å². The van der Waals surface area contributed by atoms with Gasteiger partial charge in [-0.2, -0.15) is 0 Å². The van der Waals surface area contributed by atoms with Crippen LogP contribution in [0.3, 0.4) is 0 Å². The van der Waals surface area contributed by atoms with Crippen LogP contribution in [0.4, 0.5) is 5.69 Å². The molecule has 136 valence electrons. The van der Waals surface area contributed by atoms with Crippen LogP contribution >= 0.6 is 0 Å². The van der Waals surface area contributed by atoms with Crippen LogP contribution in [0.25, 0.3) is 0 Å². The van der Waals surface area contributed by atoms with Crippen molar-refractivity contribution in [3.05, 3.63) is 60.2 Å². The molecule has 0 spiro atoms. The Kier molecular flexibility index (Phi) is 5.68. The molecule has 2 amide bonds. The first-order chi connectivity index (χ1) is 12.6. The number of hydrogen-bond donors (Lipinski definition) is 1. The van der Waals surface area contributed by atoms with Crippen LogP contribution in [-0.2, 0) is 9.59 Å². The molecule has 1 heterocycles. The number of carbonyl (C=O) groups excluding carboxylic acids is 2. The van der Waals surface area contributed by atoms with E-state index in [9.17, 15) is 9.59 Å². The van der Waals surface area contributed by atoms with Gasteiger partial charge < -0.3 is 10.1 Å². The van der Waals surface area contributed by atoms with Crippen molar-refractivity contribution in [2.45, 2.75) is 38.8 Å². The summed E-state index contributed by atoms with van der Waals surface area (Å²) in [4.78, 5) is 26.5. The second-order valence-corrected chi connectivity index (χ2v) is 6.61. The summed E-state index contributed by atoms with van der Waals surface area (Å²) in [6.45, 7) is 4.74. The quantitative estimate of drug-likeness (QED) is 0.778. The van der Waals surface area contributed by atoms with Gasteiger partial charge in [0, 0.05) is 5.56 Å². The van der Waals surface area contributed by atoms with Crippen LogP contribution in [0.2, 0.25) is 0 Å². The van der Waals surface area contributed by atoms with Gasteiger partial charge in [-0.25, -0.2) is 4.90 Å². The highest BCUT2D eigenvalue weighted by Crippen LogP contribution is 2.24. The molecule has 1 aliphatic heterocycles. The molecule has 0 aliphatic carbocycles. The fourth-order valence-corrected chi connectivity index (χ4v) is 3.20. The maximum atomic E-state index is 12.8. The normalized spacial score (nSPS) is 18.2. The Labute approximate surface area is 154 Å². The molecule has 0 radical (unpaired) electrons. The minimum Gasteiger partial charge on any atom is -0.494 e. The zero-order valence-electron chi connectivity index (χ0n) is 15.2. The Bertz CT molecular complexity index is 759. The lowest BCUT2D eigenvalue weighted by atomic mass is 10.1. The van der Waals surface area contributed by atoms with Gasteiger partial charge >= 0.3 is 0 Å². The molecule has 26 heavy (non-hydrogen) atoms. The second kappa shape index (κ2) is 8.15. The van der Waals surface area contributed by atoms with Crippen molar-refractivity contribution >= 4 is 17.5 Å². The summed E-state index contributed by atoms with van der Waals surface area (Å²) < 4.78 is 5.55. The van der Waals surface area contributed by atoms with Crippen LogP contribution in [0, 0.1) is 0 Å². The lowest BCUT2D eigenvalue weighted by molar-refractivity contribution is -0.711. The first-order valence-corrected chi connectivity index (χ1v) is 9.09. The number of rotatable bonds is 7. The van der Waals surface area contributed by atoms with Gasteiger partial charge in [0.2, 0.25) is 5.91 Å². The topological polar surface area (TPSA) is 63.2 Å². The second-order valence-electron chi connectivity index (χ2n) is 6.61. The number of benzene rings is 2. The third-order valence-electron chi connectivity index (χ3n) is 4.60. The van der Waals surface area contributed by atoms with Crippen molar-refractivity contribution in [1.29, 1.82) is 0 Å². The van der Waals surface area contributed by atoms with Crippen molar-refractivity contribution < 1.29 is 19.6 Å². The van der Waals surface area contributed by atoms with E-state index in [0.29, 0.717) is 12.3 Å². The lowest BCUT2D eigenvalue weighted by Crippen LogP contribution is -2.91. The predicted octanol–water partition coefficient (Wildman–Crippen LogP) is 2.43. The summed E-state index contributed by atoms with van der Waals surface area (Å²) in [5, 5.41) is 1.98. The van der Waals surface area contributed by atoms with E-state index in [4.69, 9.17) is 4.74 Å². The van der Waals surface area contributed by atoms with Crippen molar-refractivity contribution in [2.75, 3.05) is 11.5 Å². The highest BCUT2D eigenvalue weighted by atomic mass is 16.5. The van der Waals surface area contributed by atoms with Gasteiger partial charge in [0.15, 0.2) is 6.04 Å². The van der Waals surface area contributed by atoms with Gasteiger partial charge in [-0.05, 0) is 37.6 Å². The summed E-state index contributed by atoms with van der Waals surface area (Å²) >= 11 is 0. The van der Waals surface area contributed by atoms with E-state index in [-0.39, 0.29) is 30.3 Å². The molecule has 2 atom stereocenters. The van der Waals surface area contributed by atoms with Gasteiger partial charge in [0.05, 0.1) is 18.7 Å². The number of imide groups is 1. The maximum absolute atomic E-state index is 12.8. The molecule has 5 nitrogen and oxygen atoms in total. The van der Waals surface area contributed by atoms with E-state index in [1.54, 1.807) is 24.3 Å². The highest BCUT2D eigenvalue weighted by Gasteiger charge is 2.43. The molecule has 0 unspecified atom stereocenters. The number of quaternary nitrogens is 1. The summed E-state index contributed by atoms with van der Waals surface area (Å²) in [7, 11) is 0. The fraction of sp³-hybridized carbons (Fsp3) is 0.333. The van der Waals surface area contributed by atoms with E-state index in [2.05, 4.69) is 6.92 Å². The van der Waals surface area contributed by atoms with Crippen LogP contribution in [0.15, 0.2) is 54.6 Å². The fourth-order valence-electron chi connectivity index (χ4n) is 3.20. The number of nitrogens with two attached hydrogens (primary N) is 1. The Balaban J connectivity index is 1.68. The first kappa shape index (κ1) is 18.1. The van der Waals surface area contributed by atoms with Gasteiger partial charge in [-0.15, -0.1) is 0 Å². The number of amides is 2. The molecular formula is C21H25N2O3+. The van der Waals surface area contributed by atoms with Crippen molar-refractivity contribution in [1.82, 2.24) is 0 Å². The molecule has 0 bridgehead atoms. The van der Waals surface area contributed by atoms with E-state index >= 15 is 0 Å². The smallest absolute Gasteiger partial charge is 0.292 e. The molecular weight excluding hydrogens is 328 g/mol. The largest absolute Gasteiger partial charge is 0.494 e. The average molecular weight is 353 g/mol. The number of anilines is 1. The third kappa shape index (κ3) is 3.94. The van der Waals surface area contributed by atoms with Crippen LogP contribution < -0.4 is 15.0 Å². The molecule has 2 aromatic rings. The summed E-state index contributed by atoms with van der Waals surface area (Å²) in [6, 6.07) is 16.9. The number of hydrogen-bond acceptors (Lipinski definition) is 3. The van der Waals surface area contributed by atoms with E-state index in [0.717, 1.165) is 17.7 Å². The van der Waals surface area contributed by atoms with E-state index in [1.165, 1.54) is 4.90 Å². The molecule has 1 fully saturated rings. The van der Waals surface area contributed by atoms with Crippen molar-refractivity contribution in [3.8, 4) is 5.75 Å². The van der Waals surface area contributed by atoms with E-state index in [1.807, 2.05) is 42.6 Å². The Hall–Kier alpha value is -2.66. The molecule has 5 heteroatoms. The molecule has 3 rings (SSSR count). The van der Waals surface area contributed by atoms with Gasteiger partial charge in [-0.1, -0.05) is 37.3 Å². The van der Waals surface area contributed by atoms with Crippen LogP contribution in [0.5, 0.6) is 5.75 Å². The minimum atomic E-state index is -0.381. The van der Waals surface area contributed by atoms with Crippen LogP contribution in [-0.4, -0.2) is 24.5 Å². The minimum absolute atomic E-state index is 0.114. The molecule has 0 aromatic heterocycles. The number of carbonyl (C=O) groups is 2. The summed E-state index contributed by atoms with van der Waals surface area (Å²) in [5.41, 5.74) is 1.75. The average Bonchev–Trinajstić information content (AvgIpc) is 2.94. The van der Waals surface area contributed by atoms with Gasteiger partial charge in [0.1, 0.15) is 11.8 Å². The predicted molar refractivity (Wildman–Crippen MR) is 99.9 cm³/mol. The van der Waals surface area contributed by atoms with Crippen molar-refractivity contribution in [2.24, 2.45) is 0 Å². The lowest BCUT2D eigenvalue weighted by Gasteiger charge is -2.17. The first-order valence-electron chi connectivity index (χ1n) is 9.09. The third-order valence-corrected chi connectivity index (χ3v) is 4.60. The molecule has 1 saturated heterocycles. The van der Waals surface area contributed by atoms with Gasteiger partial charge in [0.25, 0.3) is 5.91 Å². The van der Waals surface area contributed by atoms with Gasteiger partial charge in [-0.3, -0.25) is 9.59 Å². The highest BCUT2D eigenvalue weighted by molar-refractivity contribution is 6.21. The van der Waals surface area contributed by atoms with Crippen molar-refractivity contribution in [3.63, 3.8) is 0 Å². The monoisotopic (exact) mass is 353 g/mol. The Morgan fingerprint density at radius 3 is 2.46 bits per heavy atom. The zero-order valence-corrected chi connectivity index (χ0v) is 15.2. The molecule has 2 N–H and O–H groups in total. The Morgan fingerprint density at radius 2 is 1.81 bits per heavy atom. The zero-order chi connectivity index (χ0) is 18.5. The number of nitrogens with zero attached hydrogens (tertiary/aromatic N) is 1. The number of ether oxygens (including phenoxy) is 1.